The largest absolute Gasteiger partial charge is 0.331 e. The molecule has 0 bridgehead atoms. The molecule has 0 amide bonds. The SMILES string of the molecule is C[N+](C)=C/C=C(\Cl)N1CCc2ccccc21. The van der Waals surface area contributed by atoms with E-state index < -0.39 is 0 Å². The highest BCUT2D eigenvalue weighted by molar-refractivity contribution is 6.32. The average molecular weight is 236 g/mol. The Morgan fingerprint density at radius 1 is 1.38 bits per heavy atom. The van der Waals surface area contributed by atoms with Gasteiger partial charge in [-0.25, -0.2) is 4.58 Å². The zero-order chi connectivity index (χ0) is 11.5. The molecule has 0 N–H and O–H groups in total. The van der Waals surface area contributed by atoms with E-state index in [-0.39, 0.29) is 0 Å². The number of para-hydroxylation sites is 1. The quantitative estimate of drug-likeness (QED) is 0.434. The fourth-order valence-electron chi connectivity index (χ4n) is 1.86. The summed E-state index contributed by atoms with van der Waals surface area (Å²) in [5, 5.41) is 0.777. The summed E-state index contributed by atoms with van der Waals surface area (Å²) in [6.07, 6.45) is 4.97. The average Bonchev–Trinajstić information content (AvgIpc) is 2.69. The van der Waals surface area contributed by atoms with E-state index in [9.17, 15) is 0 Å². The molecule has 1 heterocycles. The number of nitrogens with zero attached hydrogens (tertiary/aromatic N) is 2. The number of fused-ring (bicyclic) bond motifs is 1. The number of halogens is 1. The third kappa shape index (κ3) is 2.27. The molecule has 16 heavy (non-hydrogen) atoms. The maximum Gasteiger partial charge on any atom is 0.165 e. The number of allylic oxidation sites excluding steroid dienone is 1. The Morgan fingerprint density at radius 3 is 2.88 bits per heavy atom. The lowest BCUT2D eigenvalue weighted by atomic mass is 10.2. The first kappa shape index (κ1) is 11.2. The molecule has 0 aliphatic carbocycles. The van der Waals surface area contributed by atoms with Crippen LogP contribution >= 0.6 is 11.6 Å². The second-order valence-electron chi connectivity index (χ2n) is 4.13. The minimum atomic E-state index is 0.777. The van der Waals surface area contributed by atoms with Crippen molar-refractivity contribution in [3.05, 3.63) is 41.1 Å². The van der Waals surface area contributed by atoms with Crippen molar-refractivity contribution in [3.8, 4) is 0 Å². The second-order valence-corrected chi connectivity index (χ2v) is 4.52. The number of rotatable bonds is 2. The van der Waals surface area contributed by atoms with Gasteiger partial charge in [-0.2, -0.15) is 0 Å². The molecule has 84 valence electrons. The fraction of sp³-hybridized carbons (Fsp3) is 0.308. The highest BCUT2D eigenvalue weighted by Crippen LogP contribution is 2.31. The van der Waals surface area contributed by atoms with Gasteiger partial charge in [-0.15, -0.1) is 0 Å². The fourth-order valence-corrected chi connectivity index (χ4v) is 2.09. The minimum absolute atomic E-state index is 0.777. The van der Waals surface area contributed by atoms with Crippen LogP contribution in [0.3, 0.4) is 0 Å². The molecule has 0 atom stereocenters. The third-order valence-electron chi connectivity index (χ3n) is 2.66. The number of hydrogen-bond donors (Lipinski definition) is 0. The Bertz CT molecular complexity index is 445. The van der Waals surface area contributed by atoms with Crippen molar-refractivity contribution in [2.24, 2.45) is 0 Å². The van der Waals surface area contributed by atoms with Crippen LogP contribution in [0.1, 0.15) is 5.56 Å². The van der Waals surface area contributed by atoms with Crippen molar-refractivity contribution in [2.75, 3.05) is 25.5 Å². The summed E-state index contributed by atoms with van der Waals surface area (Å²) in [6, 6.07) is 8.41. The monoisotopic (exact) mass is 235 g/mol. The van der Waals surface area contributed by atoms with Crippen molar-refractivity contribution in [2.45, 2.75) is 6.42 Å². The predicted octanol–water partition coefficient (Wildman–Crippen LogP) is 2.47. The van der Waals surface area contributed by atoms with Crippen molar-refractivity contribution < 1.29 is 4.58 Å². The van der Waals surface area contributed by atoms with Crippen LogP contribution in [0.25, 0.3) is 0 Å². The molecule has 0 aromatic heterocycles. The zero-order valence-corrected chi connectivity index (χ0v) is 10.4. The Morgan fingerprint density at radius 2 is 2.12 bits per heavy atom. The highest BCUT2D eigenvalue weighted by atomic mass is 35.5. The molecule has 0 unspecified atom stereocenters. The molecule has 0 saturated heterocycles. The third-order valence-corrected chi connectivity index (χ3v) is 2.99. The zero-order valence-electron chi connectivity index (χ0n) is 9.65. The smallest absolute Gasteiger partial charge is 0.165 e. The Labute approximate surface area is 101 Å². The van der Waals surface area contributed by atoms with Crippen LogP contribution in [0.2, 0.25) is 0 Å². The molecule has 2 nitrogen and oxygen atoms in total. The summed E-state index contributed by atoms with van der Waals surface area (Å²) in [5.41, 5.74) is 2.61. The number of anilines is 1. The topological polar surface area (TPSA) is 6.25 Å². The van der Waals surface area contributed by atoms with Crippen molar-refractivity contribution in [3.63, 3.8) is 0 Å². The summed E-state index contributed by atoms with van der Waals surface area (Å²) in [5.74, 6) is 0. The van der Waals surface area contributed by atoms with Crippen LogP contribution in [0.15, 0.2) is 35.5 Å². The Hall–Kier alpha value is -1.28. The molecule has 0 spiro atoms. The van der Waals surface area contributed by atoms with Crippen LogP contribution in [0, 0.1) is 0 Å². The summed E-state index contributed by atoms with van der Waals surface area (Å²) >= 11 is 6.29. The number of hydrogen-bond acceptors (Lipinski definition) is 1. The van der Waals surface area contributed by atoms with Gasteiger partial charge in [0.25, 0.3) is 0 Å². The van der Waals surface area contributed by atoms with E-state index in [0.29, 0.717) is 0 Å². The standard InChI is InChI=1S/C13H16ClN2/c1-15(2)9-8-13(14)16-10-7-11-5-3-4-6-12(11)16/h3-6,8-9H,7,10H2,1-2H3/q+1. The van der Waals surface area contributed by atoms with E-state index in [1.807, 2.05) is 31.0 Å². The van der Waals surface area contributed by atoms with Gasteiger partial charge in [0, 0.05) is 18.3 Å². The molecular weight excluding hydrogens is 220 g/mol. The van der Waals surface area contributed by atoms with Crippen molar-refractivity contribution in [1.29, 1.82) is 0 Å². The van der Waals surface area contributed by atoms with Gasteiger partial charge in [0.2, 0.25) is 0 Å². The van der Waals surface area contributed by atoms with Gasteiger partial charge in [0.1, 0.15) is 19.3 Å². The van der Waals surface area contributed by atoms with E-state index in [0.717, 1.165) is 18.1 Å². The van der Waals surface area contributed by atoms with Crippen LogP contribution in [-0.4, -0.2) is 31.4 Å². The maximum absolute atomic E-state index is 6.29. The van der Waals surface area contributed by atoms with Crippen LogP contribution in [-0.2, 0) is 6.42 Å². The minimum Gasteiger partial charge on any atom is -0.331 e. The molecule has 2 rings (SSSR count). The Balaban J connectivity index is 2.25. The summed E-state index contributed by atoms with van der Waals surface area (Å²) in [7, 11) is 3.97. The van der Waals surface area contributed by atoms with Gasteiger partial charge in [0.05, 0.1) is 0 Å². The Kier molecular flexibility index (Phi) is 3.30. The molecule has 1 aromatic rings. The molecule has 3 heteroatoms. The first-order chi connectivity index (χ1) is 7.68. The van der Waals surface area contributed by atoms with Gasteiger partial charge in [-0.1, -0.05) is 29.8 Å². The van der Waals surface area contributed by atoms with E-state index >= 15 is 0 Å². The normalized spacial score (nSPS) is 14.9. The van der Waals surface area contributed by atoms with Gasteiger partial charge in [-0.05, 0) is 18.1 Å². The summed E-state index contributed by atoms with van der Waals surface area (Å²) in [6.45, 7) is 0.968. The van der Waals surface area contributed by atoms with E-state index in [4.69, 9.17) is 11.6 Å². The molecule has 1 aliphatic heterocycles. The molecule has 1 aliphatic rings. The van der Waals surface area contributed by atoms with Crippen molar-refractivity contribution in [1.82, 2.24) is 0 Å². The molecule has 0 saturated carbocycles. The molecule has 1 aromatic carbocycles. The summed E-state index contributed by atoms with van der Waals surface area (Å²) < 4.78 is 1.98. The van der Waals surface area contributed by atoms with Crippen LogP contribution in [0.4, 0.5) is 5.69 Å². The highest BCUT2D eigenvalue weighted by Gasteiger charge is 2.20. The van der Waals surface area contributed by atoms with Gasteiger partial charge in [-0.3, -0.25) is 0 Å². The molecule has 0 radical (unpaired) electrons. The second kappa shape index (κ2) is 4.71. The van der Waals surface area contributed by atoms with Gasteiger partial charge in [0.15, 0.2) is 6.21 Å². The number of benzene rings is 1. The first-order valence-electron chi connectivity index (χ1n) is 5.41. The molecule has 0 fully saturated rings. The van der Waals surface area contributed by atoms with E-state index in [1.165, 1.54) is 11.3 Å². The van der Waals surface area contributed by atoms with Gasteiger partial charge >= 0.3 is 0 Å². The van der Waals surface area contributed by atoms with E-state index in [2.05, 4.69) is 29.2 Å². The van der Waals surface area contributed by atoms with Crippen LogP contribution < -0.4 is 4.90 Å². The van der Waals surface area contributed by atoms with Crippen LogP contribution in [0.5, 0.6) is 0 Å². The summed E-state index contributed by atoms with van der Waals surface area (Å²) in [4.78, 5) is 2.15. The lowest BCUT2D eigenvalue weighted by Gasteiger charge is -2.17. The maximum atomic E-state index is 6.29. The first-order valence-corrected chi connectivity index (χ1v) is 5.79. The molecular formula is C13H16ClN2+. The lowest BCUT2D eigenvalue weighted by Crippen LogP contribution is -2.16. The van der Waals surface area contributed by atoms with Gasteiger partial charge < -0.3 is 4.90 Å². The van der Waals surface area contributed by atoms with Crippen molar-refractivity contribution >= 4 is 23.5 Å². The van der Waals surface area contributed by atoms with E-state index in [1.54, 1.807) is 0 Å². The predicted molar refractivity (Wildman–Crippen MR) is 69.6 cm³/mol. The lowest BCUT2D eigenvalue weighted by molar-refractivity contribution is -0.458.